The number of benzene rings is 1. The van der Waals surface area contributed by atoms with Crippen LogP contribution in [0.2, 0.25) is 0 Å². The zero-order chi connectivity index (χ0) is 14.6. The Balaban J connectivity index is 2.78. The van der Waals surface area contributed by atoms with Gasteiger partial charge in [0.15, 0.2) is 0 Å². The number of likely N-dealkylation sites (N-methyl/N-ethyl adjacent to an activating group) is 1. The van der Waals surface area contributed by atoms with Crippen molar-refractivity contribution in [1.82, 2.24) is 10.2 Å². The molecule has 0 aliphatic carbocycles. The van der Waals surface area contributed by atoms with Crippen LogP contribution in [0, 0.1) is 6.92 Å². The molecule has 0 aromatic heterocycles. The van der Waals surface area contributed by atoms with Crippen molar-refractivity contribution in [2.24, 2.45) is 0 Å². The van der Waals surface area contributed by atoms with Gasteiger partial charge in [0, 0.05) is 12.6 Å². The number of aryl methyl sites for hydroxylation is 1. The maximum Gasteiger partial charge on any atom is 0.230 e. The summed E-state index contributed by atoms with van der Waals surface area (Å²) in [5.41, 5.74) is 1.74. The van der Waals surface area contributed by atoms with Crippen molar-refractivity contribution in [3.63, 3.8) is 0 Å². The minimum absolute atomic E-state index is 0.0792. The number of hydrogen-bond acceptors (Lipinski definition) is 2. The van der Waals surface area contributed by atoms with Gasteiger partial charge in [-0.3, -0.25) is 4.79 Å². The molecule has 19 heavy (non-hydrogen) atoms. The van der Waals surface area contributed by atoms with E-state index in [1.807, 2.05) is 59.1 Å². The molecule has 0 heterocycles. The fourth-order valence-corrected chi connectivity index (χ4v) is 2.04. The largest absolute Gasteiger partial charge is 0.354 e. The molecule has 1 aromatic carbocycles. The van der Waals surface area contributed by atoms with E-state index in [0.717, 1.165) is 11.1 Å². The summed E-state index contributed by atoms with van der Waals surface area (Å²) in [5.74, 6) is 0.0792. The third kappa shape index (κ3) is 3.80. The van der Waals surface area contributed by atoms with Crippen molar-refractivity contribution in [3.05, 3.63) is 35.4 Å². The molecule has 0 aliphatic rings. The SMILES string of the molecule is Cc1ccccc1C(C)(C)C(=O)NC[C@H](C)N(C)C. The Hall–Kier alpha value is -1.35. The first kappa shape index (κ1) is 15.7. The van der Waals surface area contributed by atoms with Gasteiger partial charge in [-0.05, 0) is 52.9 Å². The van der Waals surface area contributed by atoms with Gasteiger partial charge in [0.1, 0.15) is 0 Å². The standard InChI is InChI=1S/C16H26N2O/c1-12-9-7-8-10-14(12)16(3,4)15(19)17-11-13(2)18(5)6/h7-10,13H,11H2,1-6H3,(H,17,19)/t13-/m0/s1. The molecule has 0 unspecified atom stereocenters. The van der Waals surface area contributed by atoms with E-state index in [2.05, 4.69) is 17.1 Å². The molecule has 0 radical (unpaired) electrons. The van der Waals surface area contributed by atoms with Crippen molar-refractivity contribution in [2.45, 2.75) is 39.2 Å². The monoisotopic (exact) mass is 262 g/mol. The topological polar surface area (TPSA) is 32.3 Å². The van der Waals surface area contributed by atoms with Gasteiger partial charge in [-0.15, -0.1) is 0 Å². The second-order valence-electron chi connectivity index (χ2n) is 5.96. The molecular weight excluding hydrogens is 236 g/mol. The zero-order valence-electron chi connectivity index (χ0n) is 12.9. The molecule has 0 saturated carbocycles. The predicted octanol–water partition coefficient (Wildman–Crippen LogP) is 2.34. The van der Waals surface area contributed by atoms with Crippen LogP contribution < -0.4 is 5.32 Å². The average molecular weight is 262 g/mol. The highest BCUT2D eigenvalue weighted by Crippen LogP contribution is 2.26. The third-order valence-electron chi connectivity index (χ3n) is 3.83. The van der Waals surface area contributed by atoms with E-state index in [1.54, 1.807) is 0 Å². The number of nitrogens with one attached hydrogen (secondary N) is 1. The maximum atomic E-state index is 12.4. The molecule has 1 aromatic rings. The van der Waals surface area contributed by atoms with Crippen LogP contribution >= 0.6 is 0 Å². The van der Waals surface area contributed by atoms with Crippen molar-refractivity contribution in [2.75, 3.05) is 20.6 Å². The highest BCUT2D eigenvalue weighted by molar-refractivity contribution is 5.87. The maximum absolute atomic E-state index is 12.4. The van der Waals surface area contributed by atoms with E-state index in [9.17, 15) is 4.79 Å². The van der Waals surface area contributed by atoms with Crippen LogP contribution in [0.1, 0.15) is 31.9 Å². The molecular formula is C16H26N2O. The fourth-order valence-electron chi connectivity index (χ4n) is 2.04. The number of rotatable bonds is 5. The van der Waals surface area contributed by atoms with Gasteiger partial charge >= 0.3 is 0 Å². The summed E-state index contributed by atoms with van der Waals surface area (Å²) in [6, 6.07) is 8.40. The Morgan fingerprint density at radius 3 is 2.42 bits per heavy atom. The molecule has 0 bridgehead atoms. The van der Waals surface area contributed by atoms with Crippen LogP contribution in [0.5, 0.6) is 0 Å². The average Bonchev–Trinajstić information content (AvgIpc) is 2.35. The van der Waals surface area contributed by atoms with Gasteiger partial charge in [0.05, 0.1) is 5.41 Å². The number of hydrogen-bond donors (Lipinski definition) is 1. The van der Waals surface area contributed by atoms with Crippen LogP contribution in [-0.2, 0) is 10.2 Å². The molecule has 0 fully saturated rings. The number of nitrogens with zero attached hydrogens (tertiary/aromatic N) is 1. The van der Waals surface area contributed by atoms with Crippen molar-refractivity contribution < 1.29 is 4.79 Å². The first-order chi connectivity index (χ1) is 8.76. The molecule has 1 rings (SSSR count). The summed E-state index contributed by atoms with van der Waals surface area (Å²) in [5, 5.41) is 3.05. The van der Waals surface area contributed by atoms with Crippen LogP contribution in [0.4, 0.5) is 0 Å². The fraction of sp³-hybridized carbons (Fsp3) is 0.562. The number of carbonyl (C=O) groups is 1. The lowest BCUT2D eigenvalue weighted by Gasteiger charge is -2.28. The Kier molecular flexibility index (Phi) is 5.12. The predicted molar refractivity (Wildman–Crippen MR) is 80.4 cm³/mol. The van der Waals surface area contributed by atoms with E-state index in [-0.39, 0.29) is 5.91 Å². The molecule has 1 N–H and O–H groups in total. The Morgan fingerprint density at radius 2 is 1.89 bits per heavy atom. The summed E-state index contributed by atoms with van der Waals surface area (Å²) in [6.45, 7) is 8.77. The van der Waals surface area contributed by atoms with Gasteiger partial charge in [0.25, 0.3) is 0 Å². The quantitative estimate of drug-likeness (QED) is 0.883. The van der Waals surface area contributed by atoms with Crippen molar-refractivity contribution >= 4 is 5.91 Å². The normalized spacial score (nSPS) is 13.4. The first-order valence-corrected chi connectivity index (χ1v) is 6.77. The summed E-state index contributed by atoms with van der Waals surface area (Å²) in [4.78, 5) is 14.5. The number of carbonyl (C=O) groups excluding carboxylic acids is 1. The molecule has 3 nitrogen and oxygen atoms in total. The zero-order valence-corrected chi connectivity index (χ0v) is 12.9. The molecule has 1 atom stereocenters. The molecule has 0 aliphatic heterocycles. The van der Waals surface area contributed by atoms with E-state index in [0.29, 0.717) is 12.6 Å². The highest BCUT2D eigenvalue weighted by atomic mass is 16.2. The third-order valence-corrected chi connectivity index (χ3v) is 3.83. The lowest BCUT2D eigenvalue weighted by atomic mass is 9.81. The van der Waals surface area contributed by atoms with Gasteiger partial charge in [-0.1, -0.05) is 24.3 Å². The van der Waals surface area contributed by atoms with Gasteiger partial charge in [0.2, 0.25) is 5.91 Å². The van der Waals surface area contributed by atoms with Crippen molar-refractivity contribution in [3.8, 4) is 0 Å². The Bertz CT molecular complexity index is 438. The molecule has 0 saturated heterocycles. The van der Waals surface area contributed by atoms with Gasteiger partial charge in [-0.2, -0.15) is 0 Å². The number of amides is 1. The Morgan fingerprint density at radius 1 is 1.32 bits per heavy atom. The molecule has 106 valence electrons. The summed E-state index contributed by atoms with van der Waals surface area (Å²) < 4.78 is 0. The summed E-state index contributed by atoms with van der Waals surface area (Å²) in [6.07, 6.45) is 0. The second-order valence-corrected chi connectivity index (χ2v) is 5.96. The lowest BCUT2D eigenvalue weighted by Crippen LogP contribution is -2.45. The molecule has 1 amide bonds. The van der Waals surface area contributed by atoms with Crippen LogP contribution in [0.15, 0.2) is 24.3 Å². The van der Waals surface area contributed by atoms with E-state index < -0.39 is 5.41 Å². The summed E-state index contributed by atoms with van der Waals surface area (Å²) >= 11 is 0. The molecule has 0 spiro atoms. The smallest absolute Gasteiger partial charge is 0.230 e. The first-order valence-electron chi connectivity index (χ1n) is 6.77. The molecule has 3 heteroatoms. The van der Waals surface area contributed by atoms with Gasteiger partial charge < -0.3 is 10.2 Å². The van der Waals surface area contributed by atoms with E-state index in [1.165, 1.54) is 0 Å². The van der Waals surface area contributed by atoms with Crippen LogP contribution in [0.25, 0.3) is 0 Å². The minimum atomic E-state index is -0.503. The minimum Gasteiger partial charge on any atom is -0.354 e. The lowest BCUT2D eigenvalue weighted by molar-refractivity contribution is -0.125. The van der Waals surface area contributed by atoms with Gasteiger partial charge in [-0.25, -0.2) is 0 Å². The second kappa shape index (κ2) is 6.20. The summed E-state index contributed by atoms with van der Waals surface area (Å²) in [7, 11) is 4.03. The Labute approximate surface area is 117 Å². The van der Waals surface area contributed by atoms with E-state index in [4.69, 9.17) is 0 Å². The van der Waals surface area contributed by atoms with Crippen LogP contribution in [0.3, 0.4) is 0 Å². The highest BCUT2D eigenvalue weighted by Gasteiger charge is 2.30. The van der Waals surface area contributed by atoms with Crippen LogP contribution in [-0.4, -0.2) is 37.5 Å². The van der Waals surface area contributed by atoms with E-state index >= 15 is 0 Å². The van der Waals surface area contributed by atoms with Crippen molar-refractivity contribution in [1.29, 1.82) is 0 Å².